The van der Waals surface area contributed by atoms with Gasteiger partial charge in [0.15, 0.2) is 0 Å². The molecule has 1 aromatic rings. The number of rotatable bonds is 2. The van der Waals surface area contributed by atoms with Gasteiger partial charge in [-0.2, -0.15) is 0 Å². The summed E-state index contributed by atoms with van der Waals surface area (Å²) in [5.41, 5.74) is 2.11. The zero-order valence-corrected chi connectivity index (χ0v) is 11.3. The molecule has 0 aliphatic carbocycles. The molecule has 2 rings (SSSR count). The fourth-order valence-electron chi connectivity index (χ4n) is 2.36. The fourth-order valence-corrected chi connectivity index (χ4v) is 2.36. The molecule has 1 N–H and O–H groups in total. The molecule has 98 valence electrons. The molecule has 1 saturated heterocycles. The van der Waals surface area contributed by atoms with Gasteiger partial charge in [0.1, 0.15) is 6.04 Å². The number of likely N-dealkylation sites (N-methyl/N-ethyl adjacent to an activating group) is 2. The lowest BCUT2D eigenvalue weighted by Gasteiger charge is -2.34. The average molecular weight is 247 g/mol. The summed E-state index contributed by atoms with van der Waals surface area (Å²) in [6.07, 6.45) is 0. The van der Waals surface area contributed by atoms with E-state index in [4.69, 9.17) is 0 Å². The Bertz CT molecular complexity index is 433. The second-order valence-electron chi connectivity index (χ2n) is 4.88. The highest BCUT2D eigenvalue weighted by atomic mass is 16.2. The number of carbonyl (C=O) groups excluding carboxylic acids is 1. The molecule has 1 amide bonds. The van der Waals surface area contributed by atoms with E-state index < -0.39 is 0 Å². The zero-order valence-electron chi connectivity index (χ0n) is 11.3. The lowest BCUT2D eigenvalue weighted by atomic mass is 10.1. The molecule has 0 spiro atoms. The second-order valence-corrected chi connectivity index (χ2v) is 4.88. The van der Waals surface area contributed by atoms with Crippen LogP contribution in [0.2, 0.25) is 0 Å². The van der Waals surface area contributed by atoms with E-state index in [2.05, 4.69) is 10.2 Å². The Labute approximate surface area is 109 Å². The summed E-state index contributed by atoms with van der Waals surface area (Å²) >= 11 is 0. The van der Waals surface area contributed by atoms with Crippen LogP contribution >= 0.6 is 0 Å². The van der Waals surface area contributed by atoms with Crippen molar-refractivity contribution in [3.8, 4) is 0 Å². The Hall–Kier alpha value is -1.39. The number of benzene rings is 1. The van der Waals surface area contributed by atoms with Gasteiger partial charge in [-0.05, 0) is 25.6 Å². The van der Waals surface area contributed by atoms with Crippen LogP contribution in [0.15, 0.2) is 24.3 Å². The predicted molar refractivity (Wildman–Crippen MR) is 73.9 cm³/mol. The van der Waals surface area contributed by atoms with Gasteiger partial charge in [-0.3, -0.25) is 9.69 Å². The highest BCUT2D eigenvalue weighted by molar-refractivity contribution is 5.97. The van der Waals surface area contributed by atoms with Gasteiger partial charge < -0.3 is 10.2 Å². The minimum absolute atomic E-state index is 0.0663. The normalized spacial score (nSPS) is 20.7. The molecule has 1 aliphatic heterocycles. The summed E-state index contributed by atoms with van der Waals surface area (Å²) in [7, 11) is 3.86. The average Bonchev–Trinajstić information content (AvgIpc) is 2.38. The van der Waals surface area contributed by atoms with Crippen LogP contribution < -0.4 is 10.2 Å². The maximum atomic E-state index is 12.5. The van der Waals surface area contributed by atoms with E-state index >= 15 is 0 Å². The Morgan fingerprint density at radius 2 is 2.17 bits per heavy atom. The Balaban J connectivity index is 2.16. The van der Waals surface area contributed by atoms with Crippen LogP contribution in [0.4, 0.5) is 5.69 Å². The Morgan fingerprint density at radius 3 is 2.83 bits per heavy atom. The summed E-state index contributed by atoms with van der Waals surface area (Å²) in [4.78, 5) is 16.4. The van der Waals surface area contributed by atoms with Crippen molar-refractivity contribution in [3.63, 3.8) is 0 Å². The van der Waals surface area contributed by atoms with Crippen molar-refractivity contribution < 1.29 is 4.79 Å². The van der Waals surface area contributed by atoms with Gasteiger partial charge in [0.2, 0.25) is 5.91 Å². The largest absolute Gasteiger partial charge is 0.314 e. The smallest absolute Gasteiger partial charge is 0.245 e. The summed E-state index contributed by atoms with van der Waals surface area (Å²) < 4.78 is 0. The van der Waals surface area contributed by atoms with Gasteiger partial charge >= 0.3 is 0 Å². The van der Waals surface area contributed by atoms with Crippen LogP contribution in [-0.2, 0) is 4.79 Å². The molecule has 4 heteroatoms. The monoisotopic (exact) mass is 247 g/mol. The van der Waals surface area contributed by atoms with Crippen molar-refractivity contribution in [1.82, 2.24) is 10.2 Å². The molecule has 4 nitrogen and oxygen atoms in total. The molecule has 1 aliphatic rings. The van der Waals surface area contributed by atoms with Gasteiger partial charge in [0.25, 0.3) is 0 Å². The van der Waals surface area contributed by atoms with Crippen molar-refractivity contribution in [1.29, 1.82) is 0 Å². The summed E-state index contributed by atoms with van der Waals surface area (Å²) in [6, 6.07) is 7.91. The lowest BCUT2D eigenvalue weighted by Crippen LogP contribution is -2.56. The number of carbonyl (C=O) groups is 1. The van der Waals surface area contributed by atoms with E-state index in [1.54, 1.807) is 4.90 Å². The molecular weight excluding hydrogens is 226 g/mol. The van der Waals surface area contributed by atoms with Crippen LogP contribution in [0.25, 0.3) is 0 Å². The van der Waals surface area contributed by atoms with E-state index in [0.29, 0.717) is 0 Å². The van der Waals surface area contributed by atoms with E-state index in [1.165, 1.54) is 0 Å². The first kappa shape index (κ1) is 13.1. The van der Waals surface area contributed by atoms with Gasteiger partial charge in [0.05, 0.1) is 0 Å². The number of aryl methyl sites for hydroxylation is 1. The maximum absolute atomic E-state index is 12.5. The van der Waals surface area contributed by atoms with E-state index in [-0.39, 0.29) is 11.9 Å². The van der Waals surface area contributed by atoms with Crippen molar-refractivity contribution in [2.75, 3.05) is 38.6 Å². The SMILES string of the molecule is Cc1ccccc1N(C)C(=O)C1CNCCN1C. The third kappa shape index (κ3) is 2.54. The quantitative estimate of drug-likeness (QED) is 0.842. The van der Waals surface area contributed by atoms with E-state index in [1.807, 2.05) is 45.3 Å². The molecule has 0 radical (unpaired) electrons. The lowest BCUT2D eigenvalue weighted by molar-refractivity contribution is -0.123. The summed E-state index contributed by atoms with van der Waals surface area (Å²) in [6.45, 7) is 4.62. The number of piperazine rings is 1. The molecule has 0 bridgehead atoms. The molecule has 0 aromatic heterocycles. The highest BCUT2D eigenvalue weighted by Gasteiger charge is 2.29. The van der Waals surface area contributed by atoms with Crippen LogP contribution in [0.1, 0.15) is 5.56 Å². The van der Waals surface area contributed by atoms with E-state index in [9.17, 15) is 4.79 Å². The standard InChI is InChI=1S/C14H21N3O/c1-11-6-4-5-7-12(11)17(3)14(18)13-10-15-8-9-16(13)2/h4-7,13,15H,8-10H2,1-3H3. The van der Waals surface area contributed by atoms with Crippen LogP contribution in [0, 0.1) is 6.92 Å². The van der Waals surface area contributed by atoms with Crippen molar-refractivity contribution >= 4 is 11.6 Å². The Morgan fingerprint density at radius 1 is 1.44 bits per heavy atom. The first-order chi connectivity index (χ1) is 8.61. The molecule has 1 unspecified atom stereocenters. The number of nitrogens with zero attached hydrogens (tertiary/aromatic N) is 2. The van der Waals surface area contributed by atoms with Gasteiger partial charge in [-0.15, -0.1) is 0 Å². The predicted octanol–water partition coefficient (Wildman–Crippen LogP) is 0.861. The molecular formula is C14H21N3O. The van der Waals surface area contributed by atoms with Gasteiger partial charge in [-0.25, -0.2) is 0 Å². The number of para-hydroxylation sites is 1. The highest BCUT2D eigenvalue weighted by Crippen LogP contribution is 2.19. The van der Waals surface area contributed by atoms with Crippen molar-refractivity contribution in [2.24, 2.45) is 0 Å². The molecule has 1 fully saturated rings. The summed E-state index contributed by atoms with van der Waals surface area (Å²) in [5, 5.41) is 3.28. The number of anilines is 1. The third-order valence-corrected chi connectivity index (χ3v) is 3.60. The molecule has 1 aromatic carbocycles. The van der Waals surface area contributed by atoms with Gasteiger partial charge in [0, 0.05) is 32.4 Å². The van der Waals surface area contributed by atoms with Crippen LogP contribution in [-0.4, -0.2) is 50.6 Å². The number of hydrogen-bond acceptors (Lipinski definition) is 3. The van der Waals surface area contributed by atoms with E-state index in [0.717, 1.165) is 30.9 Å². The summed E-state index contributed by atoms with van der Waals surface area (Å²) in [5.74, 6) is 0.152. The fraction of sp³-hybridized carbons (Fsp3) is 0.500. The van der Waals surface area contributed by atoms with Crippen molar-refractivity contribution in [3.05, 3.63) is 29.8 Å². The number of nitrogens with one attached hydrogen (secondary N) is 1. The van der Waals surface area contributed by atoms with Crippen molar-refractivity contribution in [2.45, 2.75) is 13.0 Å². The number of amides is 1. The molecule has 1 heterocycles. The maximum Gasteiger partial charge on any atom is 0.245 e. The topological polar surface area (TPSA) is 35.6 Å². The zero-order chi connectivity index (χ0) is 13.1. The van der Waals surface area contributed by atoms with Crippen LogP contribution in [0.3, 0.4) is 0 Å². The first-order valence-corrected chi connectivity index (χ1v) is 6.35. The minimum atomic E-state index is -0.0663. The van der Waals surface area contributed by atoms with Gasteiger partial charge in [-0.1, -0.05) is 18.2 Å². The molecule has 1 atom stereocenters. The first-order valence-electron chi connectivity index (χ1n) is 6.35. The minimum Gasteiger partial charge on any atom is -0.314 e. The molecule has 0 saturated carbocycles. The second kappa shape index (κ2) is 5.50. The van der Waals surface area contributed by atoms with Crippen LogP contribution in [0.5, 0.6) is 0 Å². The molecule has 18 heavy (non-hydrogen) atoms. The Kier molecular flexibility index (Phi) is 3.99. The third-order valence-electron chi connectivity index (χ3n) is 3.60. The number of hydrogen-bond donors (Lipinski definition) is 1.